The SMILES string of the molecule is CN[C@H]1C[C@@H](N)[C@H](O)[C@@H](O[C@@H]2O[C@H](CO)[C@H](O)[C@@H]3O[C@]4(O[C@H]23)O[C@H]([C@H](N)CO)[C@H](O)[C@H](O)[C@H]4O)[C@@H]1O. The third-order valence-corrected chi connectivity index (χ3v) is 7.42. The van der Waals surface area contributed by atoms with Crippen molar-refractivity contribution < 1.29 is 64.5 Å². The van der Waals surface area contributed by atoms with Crippen LogP contribution in [0.4, 0.5) is 0 Å². The van der Waals surface area contributed by atoms with Crippen molar-refractivity contribution in [2.45, 2.75) is 104 Å². The second kappa shape index (κ2) is 10.9. The molecule has 0 unspecified atom stereocenters. The molecule has 16 nitrogen and oxygen atoms in total. The van der Waals surface area contributed by atoms with Crippen LogP contribution in [-0.4, -0.2) is 159 Å². The molecule has 1 spiro atoms. The molecule has 0 bridgehead atoms. The van der Waals surface area contributed by atoms with Crippen molar-refractivity contribution in [3.8, 4) is 0 Å². The van der Waals surface area contributed by atoms with Crippen LogP contribution in [0.15, 0.2) is 0 Å². The summed E-state index contributed by atoms with van der Waals surface area (Å²) < 4.78 is 28.7. The van der Waals surface area contributed by atoms with Crippen LogP contribution >= 0.6 is 0 Å². The maximum Gasteiger partial charge on any atom is 0.314 e. The predicted octanol–water partition coefficient (Wildman–Crippen LogP) is -7.27. The van der Waals surface area contributed by atoms with Gasteiger partial charge in [0.25, 0.3) is 0 Å². The summed E-state index contributed by atoms with van der Waals surface area (Å²) in [6.07, 6.45) is -17.7. The Balaban J connectivity index is 1.62. The smallest absolute Gasteiger partial charge is 0.314 e. The molecule has 3 aliphatic heterocycles. The molecular weight excluding hydrogens is 490 g/mol. The number of hydrogen-bond donors (Lipinski definition) is 11. The molecule has 0 amide bonds. The summed E-state index contributed by atoms with van der Waals surface area (Å²) in [4.78, 5) is 0. The predicted molar refractivity (Wildman–Crippen MR) is 115 cm³/mol. The zero-order valence-electron chi connectivity index (χ0n) is 19.6. The number of likely N-dealkylation sites (N-methyl/N-ethyl adjacent to an activating group) is 1. The molecule has 16 atom stereocenters. The van der Waals surface area contributed by atoms with Crippen LogP contribution in [0.1, 0.15) is 6.42 Å². The molecule has 0 radical (unpaired) electrons. The summed E-state index contributed by atoms with van der Waals surface area (Å²) in [7, 11) is 1.60. The fourth-order valence-corrected chi connectivity index (χ4v) is 5.23. The molecule has 4 fully saturated rings. The van der Waals surface area contributed by atoms with E-state index in [0.717, 1.165) is 0 Å². The molecule has 0 aromatic carbocycles. The fourth-order valence-electron chi connectivity index (χ4n) is 5.23. The van der Waals surface area contributed by atoms with E-state index in [4.69, 9.17) is 35.2 Å². The van der Waals surface area contributed by atoms with Gasteiger partial charge in [-0.2, -0.15) is 0 Å². The van der Waals surface area contributed by atoms with Gasteiger partial charge in [0, 0.05) is 12.1 Å². The number of fused-ring (bicyclic) bond motifs is 1. The molecule has 36 heavy (non-hydrogen) atoms. The fraction of sp³-hybridized carbons (Fsp3) is 1.00. The van der Waals surface area contributed by atoms with Gasteiger partial charge in [0.2, 0.25) is 0 Å². The maximum absolute atomic E-state index is 10.7. The average Bonchev–Trinajstić information content (AvgIpc) is 3.27. The zero-order chi connectivity index (χ0) is 26.5. The van der Waals surface area contributed by atoms with Crippen LogP contribution in [0.25, 0.3) is 0 Å². The highest BCUT2D eigenvalue weighted by Crippen LogP contribution is 2.45. The first-order valence-electron chi connectivity index (χ1n) is 11.8. The largest absolute Gasteiger partial charge is 0.395 e. The summed E-state index contributed by atoms with van der Waals surface area (Å²) >= 11 is 0. The lowest BCUT2D eigenvalue weighted by molar-refractivity contribution is -0.439. The third-order valence-electron chi connectivity index (χ3n) is 7.42. The number of ether oxygens (including phenoxy) is 5. The Hall–Kier alpha value is -0.640. The van der Waals surface area contributed by atoms with E-state index in [9.17, 15) is 40.9 Å². The Kier molecular flexibility index (Phi) is 8.55. The lowest BCUT2D eigenvalue weighted by atomic mass is 9.84. The van der Waals surface area contributed by atoms with Crippen molar-refractivity contribution in [3.05, 3.63) is 0 Å². The van der Waals surface area contributed by atoms with Crippen molar-refractivity contribution in [2.75, 3.05) is 20.3 Å². The average molecular weight is 528 g/mol. The monoisotopic (exact) mass is 527 g/mol. The minimum atomic E-state index is -2.48. The Bertz CT molecular complexity index is 756. The third kappa shape index (κ3) is 4.68. The second-order valence-electron chi connectivity index (χ2n) is 9.72. The highest BCUT2D eigenvalue weighted by Gasteiger charge is 2.67. The highest BCUT2D eigenvalue weighted by molar-refractivity contribution is 5.05. The number of aliphatic hydroxyl groups is 8. The second-order valence-corrected chi connectivity index (χ2v) is 9.72. The van der Waals surface area contributed by atoms with E-state index in [1.807, 2.05) is 0 Å². The molecule has 4 aliphatic rings. The number of nitrogens with two attached hydrogens (primary N) is 2. The van der Waals surface area contributed by atoms with Crippen molar-refractivity contribution in [1.29, 1.82) is 0 Å². The van der Waals surface area contributed by atoms with Gasteiger partial charge in [-0.1, -0.05) is 0 Å². The number of hydrogen-bond acceptors (Lipinski definition) is 16. The van der Waals surface area contributed by atoms with Gasteiger partial charge in [0.05, 0.1) is 31.5 Å². The molecule has 3 heterocycles. The normalized spacial score (nSPS) is 54.4. The van der Waals surface area contributed by atoms with E-state index in [2.05, 4.69) is 5.32 Å². The minimum absolute atomic E-state index is 0.254. The Morgan fingerprint density at radius 2 is 1.61 bits per heavy atom. The Labute approximate surface area is 206 Å². The van der Waals surface area contributed by atoms with Gasteiger partial charge in [-0.3, -0.25) is 0 Å². The molecule has 16 heteroatoms. The van der Waals surface area contributed by atoms with E-state index in [1.54, 1.807) is 7.05 Å². The zero-order valence-corrected chi connectivity index (χ0v) is 19.6. The lowest BCUT2D eigenvalue weighted by Crippen LogP contribution is -2.69. The van der Waals surface area contributed by atoms with Crippen LogP contribution in [0, 0.1) is 0 Å². The Morgan fingerprint density at radius 3 is 2.22 bits per heavy atom. The van der Waals surface area contributed by atoms with E-state index in [1.165, 1.54) is 0 Å². The Morgan fingerprint density at radius 1 is 0.944 bits per heavy atom. The van der Waals surface area contributed by atoms with E-state index in [0.29, 0.717) is 0 Å². The molecule has 0 aromatic heterocycles. The molecule has 210 valence electrons. The number of nitrogens with one attached hydrogen (secondary N) is 1. The molecule has 4 rings (SSSR count). The minimum Gasteiger partial charge on any atom is -0.395 e. The molecule has 1 aliphatic carbocycles. The van der Waals surface area contributed by atoms with Crippen molar-refractivity contribution in [2.24, 2.45) is 11.5 Å². The van der Waals surface area contributed by atoms with E-state index in [-0.39, 0.29) is 6.42 Å². The van der Waals surface area contributed by atoms with Crippen LogP contribution in [-0.2, 0) is 23.7 Å². The summed E-state index contributed by atoms with van der Waals surface area (Å²) in [5.74, 6) is -2.48. The van der Waals surface area contributed by atoms with Gasteiger partial charge in [0.1, 0.15) is 48.8 Å². The lowest BCUT2D eigenvalue weighted by Gasteiger charge is -2.46. The quantitative estimate of drug-likeness (QED) is 0.153. The first kappa shape index (κ1) is 28.4. The summed E-state index contributed by atoms with van der Waals surface area (Å²) in [6.45, 7) is -1.33. The summed E-state index contributed by atoms with van der Waals surface area (Å²) in [5.41, 5.74) is 11.8. The molecule has 1 saturated carbocycles. The molecule has 0 aromatic rings. The van der Waals surface area contributed by atoms with Gasteiger partial charge in [-0.25, -0.2) is 0 Å². The van der Waals surface area contributed by atoms with Crippen LogP contribution in [0.2, 0.25) is 0 Å². The van der Waals surface area contributed by atoms with Crippen LogP contribution in [0.5, 0.6) is 0 Å². The van der Waals surface area contributed by atoms with Gasteiger partial charge >= 0.3 is 5.97 Å². The topological polar surface area (TPSA) is 272 Å². The first-order valence-corrected chi connectivity index (χ1v) is 11.8. The molecule has 3 saturated heterocycles. The molecule has 13 N–H and O–H groups in total. The van der Waals surface area contributed by atoms with Crippen molar-refractivity contribution >= 4 is 0 Å². The molecular formula is C20H37N3O13. The summed E-state index contributed by atoms with van der Waals surface area (Å²) in [6, 6.07) is -2.50. The van der Waals surface area contributed by atoms with E-state index < -0.39 is 111 Å². The number of aliphatic hydroxyl groups excluding tert-OH is 8. The number of rotatable bonds is 6. The van der Waals surface area contributed by atoms with Crippen molar-refractivity contribution in [3.63, 3.8) is 0 Å². The standard InChI is InChI=1S/C20H37N3O13/c1-23-7-2-5(21)9(26)15(10(7)27)33-19-17-16(11(28)8(4-25)32-19)35-20(36-17)18(31)13(30)12(29)14(34-20)6(22)3-24/h5-19,23-31H,2-4,21-22H2,1H3/t5-,6-,7+,8-,9+,10-,11+,12-,13+,14-,15-,16+,17+,18-,19+,20-/m1/s1. The van der Waals surface area contributed by atoms with E-state index >= 15 is 0 Å². The van der Waals surface area contributed by atoms with Gasteiger partial charge < -0.3 is 81.3 Å². The maximum atomic E-state index is 10.7. The highest BCUT2D eigenvalue weighted by atomic mass is 16.9. The van der Waals surface area contributed by atoms with Gasteiger partial charge in [-0.05, 0) is 13.5 Å². The van der Waals surface area contributed by atoms with Crippen LogP contribution < -0.4 is 16.8 Å². The summed E-state index contributed by atoms with van der Waals surface area (Å²) in [5, 5.41) is 85.6. The van der Waals surface area contributed by atoms with Crippen LogP contribution in [0.3, 0.4) is 0 Å². The van der Waals surface area contributed by atoms with Gasteiger partial charge in [0.15, 0.2) is 12.4 Å². The van der Waals surface area contributed by atoms with Gasteiger partial charge in [-0.15, -0.1) is 0 Å². The van der Waals surface area contributed by atoms with Crippen molar-refractivity contribution in [1.82, 2.24) is 5.32 Å². The first-order chi connectivity index (χ1) is 17.0.